The van der Waals surface area contributed by atoms with Gasteiger partial charge in [-0.15, -0.1) is 11.5 Å². The lowest BCUT2D eigenvalue weighted by Gasteiger charge is -2.42. The molecule has 0 aliphatic carbocycles. The highest BCUT2D eigenvalue weighted by molar-refractivity contribution is 5.64. The van der Waals surface area contributed by atoms with Crippen LogP contribution in [-0.2, 0) is 11.3 Å². The van der Waals surface area contributed by atoms with Crippen molar-refractivity contribution in [3.8, 4) is 12.3 Å². The topological polar surface area (TPSA) is 55.6 Å². The number of piperidine rings is 1. The first-order chi connectivity index (χ1) is 12.6. The monoisotopic (exact) mass is 348 g/mol. The first kappa shape index (κ1) is 18.0. The molecule has 1 aliphatic heterocycles. The average Bonchev–Trinajstić information content (AvgIpc) is 2.68. The first-order valence-electron chi connectivity index (χ1n) is 8.92. The molecule has 1 saturated heterocycles. The third kappa shape index (κ3) is 4.07. The Morgan fingerprint density at radius 3 is 2.23 bits per heavy atom. The van der Waals surface area contributed by atoms with Gasteiger partial charge in [-0.05, 0) is 30.4 Å². The van der Waals surface area contributed by atoms with E-state index in [1.807, 2.05) is 12.1 Å². The molecule has 0 radical (unpaired) electrons. The third-order valence-corrected chi connectivity index (χ3v) is 5.27. The van der Waals surface area contributed by atoms with E-state index in [2.05, 4.69) is 54.5 Å². The van der Waals surface area contributed by atoms with E-state index in [0.717, 1.165) is 19.3 Å². The quantitative estimate of drug-likeness (QED) is 0.838. The lowest BCUT2D eigenvalue weighted by molar-refractivity contribution is -0.124. The normalized spacial score (nSPS) is 17.8. The van der Waals surface area contributed by atoms with Gasteiger partial charge < -0.3 is 10.6 Å². The maximum absolute atomic E-state index is 11.0. The van der Waals surface area contributed by atoms with Crippen LogP contribution in [0.2, 0.25) is 0 Å². The molecule has 0 aromatic heterocycles. The summed E-state index contributed by atoms with van der Waals surface area (Å²) in [5, 5.41) is 1.61. The van der Waals surface area contributed by atoms with Crippen molar-refractivity contribution in [3.63, 3.8) is 0 Å². The number of benzene rings is 2. The molecule has 2 aromatic carbocycles. The molecular formula is C22H24N2O2. The fourth-order valence-electron chi connectivity index (χ4n) is 3.86. The number of nitrogens with two attached hydrogens (primary N) is 1. The lowest BCUT2D eigenvalue weighted by Crippen LogP contribution is -2.44. The van der Waals surface area contributed by atoms with Crippen LogP contribution in [0.25, 0.3) is 0 Å². The predicted molar refractivity (Wildman–Crippen MR) is 102 cm³/mol. The molecule has 1 amide bonds. The smallest absolute Gasteiger partial charge is 0.351 e. The molecule has 0 bridgehead atoms. The maximum Gasteiger partial charge on any atom is 0.423 e. The largest absolute Gasteiger partial charge is 0.423 e. The van der Waals surface area contributed by atoms with Crippen molar-refractivity contribution >= 4 is 6.09 Å². The molecule has 26 heavy (non-hydrogen) atoms. The van der Waals surface area contributed by atoms with Crippen LogP contribution >= 0.6 is 0 Å². The highest BCUT2D eigenvalue weighted by atomic mass is 16.7. The summed E-state index contributed by atoms with van der Waals surface area (Å²) in [6.07, 6.45) is 7.69. The molecule has 2 aromatic rings. The van der Waals surface area contributed by atoms with E-state index >= 15 is 0 Å². The van der Waals surface area contributed by atoms with E-state index in [1.54, 1.807) is 5.06 Å². The van der Waals surface area contributed by atoms with Gasteiger partial charge >= 0.3 is 6.09 Å². The summed E-state index contributed by atoms with van der Waals surface area (Å²) in [5.41, 5.74) is 7.37. The number of primary amides is 1. The van der Waals surface area contributed by atoms with E-state index in [0.29, 0.717) is 13.1 Å². The highest BCUT2D eigenvalue weighted by Crippen LogP contribution is 2.45. The van der Waals surface area contributed by atoms with Gasteiger partial charge in [-0.25, -0.2) is 4.79 Å². The second-order valence-corrected chi connectivity index (χ2v) is 6.79. The zero-order valence-electron chi connectivity index (χ0n) is 14.8. The van der Waals surface area contributed by atoms with Crippen molar-refractivity contribution in [1.29, 1.82) is 0 Å². The summed E-state index contributed by atoms with van der Waals surface area (Å²) >= 11 is 0. The molecule has 1 unspecified atom stereocenters. The Balaban J connectivity index is 1.87. The minimum atomic E-state index is -0.776. The van der Waals surface area contributed by atoms with Gasteiger partial charge in [0, 0.05) is 24.4 Å². The molecule has 0 saturated carbocycles. The predicted octanol–water partition coefficient (Wildman–Crippen LogP) is 3.74. The van der Waals surface area contributed by atoms with Crippen LogP contribution in [0.1, 0.15) is 29.9 Å². The minimum absolute atomic E-state index is 0.201. The third-order valence-electron chi connectivity index (χ3n) is 5.27. The molecule has 1 aliphatic rings. The Morgan fingerprint density at radius 2 is 1.69 bits per heavy atom. The Kier molecular flexibility index (Phi) is 5.60. The molecule has 1 fully saturated rings. The Hall–Kier alpha value is -2.77. The maximum atomic E-state index is 11.0. The molecule has 134 valence electrons. The van der Waals surface area contributed by atoms with Crippen LogP contribution in [0, 0.1) is 17.8 Å². The summed E-state index contributed by atoms with van der Waals surface area (Å²) in [6, 6.07) is 20.9. The molecule has 1 heterocycles. The van der Waals surface area contributed by atoms with Crippen LogP contribution < -0.4 is 5.73 Å². The van der Waals surface area contributed by atoms with Crippen molar-refractivity contribution in [3.05, 3.63) is 71.8 Å². The fourth-order valence-corrected chi connectivity index (χ4v) is 3.86. The van der Waals surface area contributed by atoms with Gasteiger partial charge in [0.05, 0.1) is 0 Å². The standard InChI is InChI=1S/C22H24N2O2/c1-2-22(13-15-24(16-14-22)26-21(23)25)20(19-11-7-4-8-12-19)17-18-9-5-3-6-10-18/h1,3-12,20H,13-17H2,(H2,23,25). The van der Waals surface area contributed by atoms with E-state index in [1.165, 1.54) is 11.1 Å². The Labute approximate surface area is 154 Å². The summed E-state index contributed by atoms with van der Waals surface area (Å²) in [5.74, 6) is 3.31. The van der Waals surface area contributed by atoms with Crippen LogP contribution in [0.15, 0.2) is 60.7 Å². The van der Waals surface area contributed by atoms with Crippen LogP contribution in [0.4, 0.5) is 4.79 Å². The van der Waals surface area contributed by atoms with Gasteiger partial charge in [0.1, 0.15) is 0 Å². The van der Waals surface area contributed by atoms with Crippen molar-refractivity contribution in [2.24, 2.45) is 11.1 Å². The Bertz CT molecular complexity index is 760. The number of nitrogens with zero attached hydrogens (tertiary/aromatic N) is 1. The lowest BCUT2D eigenvalue weighted by atomic mass is 9.65. The number of terminal acetylenes is 1. The minimum Gasteiger partial charge on any atom is -0.351 e. The van der Waals surface area contributed by atoms with Crippen molar-refractivity contribution in [2.45, 2.75) is 25.2 Å². The van der Waals surface area contributed by atoms with E-state index in [-0.39, 0.29) is 11.3 Å². The summed E-state index contributed by atoms with van der Waals surface area (Å²) in [6.45, 7) is 1.18. The van der Waals surface area contributed by atoms with Crippen LogP contribution in [0.3, 0.4) is 0 Å². The molecule has 4 heteroatoms. The van der Waals surface area contributed by atoms with Gasteiger partial charge in [0.15, 0.2) is 0 Å². The van der Waals surface area contributed by atoms with E-state index in [9.17, 15) is 4.79 Å². The van der Waals surface area contributed by atoms with Gasteiger partial charge in [-0.3, -0.25) is 0 Å². The molecule has 3 rings (SSSR count). The zero-order valence-corrected chi connectivity index (χ0v) is 14.8. The van der Waals surface area contributed by atoms with Crippen LogP contribution in [-0.4, -0.2) is 24.2 Å². The molecule has 0 spiro atoms. The van der Waals surface area contributed by atoms with Gasteiger partial charge in [-0.1, -0.05) is 66.6 Å². The number of carbonyl (C=O) groups excluding carboxylic acids is 1. The average molecular weight is 348 g/mol. The number of hydrogen-bond donors (Lipinski definition) is 1. The van der Waals surface area contributed by atoms with E-state index < -0.39 is 6.09 Å². The second-order valence-electron chi connectivity index (χ2n) is 6.79. The van der Waals surface area contributed by atoms with Crippen molar-refractivity contribution < 1.29 is 9.63 Å². The molecule has 4 nitrogen and oxygen atoms in total. The number of rotatable bonds is 5. The van der Waals surface area contributed by atoms with E-state index in [4.69, 9.17) is 17.0 Å². The first-order valence-corrected chi connectivity index (χ1v) is 8.92. The SMILES string of the molecule is C#CC1(C(Cc2ccccc2)c2ccccc2)CCN(OC(N)=O)CC1. The molecule has 2 N–H and O–H groups in total. The number of hydrogen-bond acceptors (Lipinski definition) is 3. The number of amides is 1. The number of hydroxylamine groups is 2. The van der Waals surface area contributed by atoms with Crippen molar-refractivity contribution in [1.82, 2.24) is 5.06 Å². The Morgan fingerprint density at radius 1 is 1.12 bits per heavy atom. The zero-order chi connectivity index (χ0) is 18.4. The van der Waals surface area contributed by atoms with Gasteiger partial charge in [-0.2, -0.15) is 0 Å². The fraction of sp³-hybridized carbons (Fsp3) is 0.318. The highest BCUT2D eigenvalue weighted by Gasteiger charge is 2.41. The number of carbonyl (C=O) groups is 1. The van der Waals surface area contributed by atoms with Gasteiger partial charge in [0.2, 0.25) is 0 Å². The summed E-state index contributed by atoms with van der Waals surface area (Å²) < 4.78 is 0. The van der Waals surface area contributed by atoms with Crippen molar-refractivity contribution in [2.75, 3.05) is 13.1 Å². The second kappa shape index (κ2) is 8.07. The van der Waals surface area contributed by atoms with Gasteiger partial charge in [0.25, 0.3) is 0 Å². The van der Waals surface area contributed by atoms with Crippen LogP contribution in [0.5, 0.6) is 0 Å². The summed E-state index contributed by atoms with van der Waals surface area (Å²) in [4.78, 5) is 16.0. The summed E-state index contributed by atoms with van der Waals surface area (Å²) in [7, 11) is 0. The molecular weight excluding hydrogens is 324 g/mol. The molecule has 1 atom stereocenters.